The maximum atomic E-state index is 13.0. The molecule has 2 heterocycles. The van der Waals surface area contributed by atoms with Gasteiger partial charge in [0.25, 0.3) is 0 Å². The number of carbonyl (C=O) groups excluding carboxylic acids is 1. The molecule has 0 unspecified atom stereocenters. The number of hydrogen-bond donors (Lipinski definition) is 0. The Bertz CT molecular complexity index is 1050. The second-order valence-electron chi connectivity index (χ2n) is 7.00. The highest BCUT2D eigenvalue weighted by molar-refractivity contribution is 7.99. The van der Waals surface area contributed by atoms with Crippen LogP contribution in [-0.4, -0.2) is 47.2 Å². The fraction of sp³-hybridized carbons (Fsp3) is 0.318. The van der Waals surface area contributed by atoms with Gasteiger partial charge in [-0.3, -0.25) is 9.36 Å². The lowest BCUT2D eigenvalue weighted by atomic mass is 10.0. The average molecular weight is 425 g/mol. The minimum Gasteiger partial charge on any atom is -0.497 e. The second-order valence-corrected chi connectivity index (χ2v) is 7.94. The van der Waals surface area contributed by atoms with E-state index in [4.69, 9.17) is 9.47 Å². The third-order valence-electron chi connectivity index (χ3n) is 5.16. The molecule has 30 heavy (non-hydrogen) atoms. The Morgan fingerprint density at radius 2 is 1.80 bits per heavy atom. The van der Waals surface area contributed by atoms with Crippen LogP contribution in [0.5, 0.6) is 11.5 Å². The molecule has 2 aromatic carbocycles. The first-order valence-electron chi connectivity index (χ1n) is 9.77. The number of ether oxygens (including phenoxy) is 2. The van der Waals surface area contributed by atoms with Crippen LogP contribution in [0.2, 0.25) is 0 Å². The van der Waals surface area contributed by atoms with Gasteiger partial charge in [-0.1, -0.05) is 11.8 Å². The molecule has 0 saturated heterocycles. The summed E-state index contributed by atoms with van der Waals surface area (Å²) >= 11 is 1.40. The number of amides is 1. The highest BCUT2D eigenvalue weighted by atomic mass is 32.2. The Morgan fingerprint density at radius 3 is 2.53 bits per heavy atom. The Hall–Kier alpha value is -3.00. The molecule has 7 nitrogen and oxygen atoms in total. The summed E-state index contributed by atoms with van der Waals surface area (Å²) < 4.78 is 12.5. The van der Waals surface area contributed by atoms with Crippen LogP contribution < -0.4 is 14.4 Å². The van der Waals surface area contributed by atoms with E-state index in [1.165, 1.54) is 11.8 Å². The van der Waals surface area contributed by atoms with Gasteiger partial charge in [-0.2, -0.15) is 0 Å². The molecular formula is C22H24N4O3S. The van der Waals surface area contributed by atoms with Gasteiger partial charge in [0.1, 0.15) is 17.3 Å². The summed E-state index contributed by atoms with van der Waals surface area (Å²) in [5.41, 5.74) is 3.06. The van der Waals surface area contributed by atoms with Crippen molar-refractivity contribution in [3.05, 3.63) is 53.9 Å². The van der Waals surface area contributed by atoms with Crippen molar-refractivity contribution < 1.29 is 14.3 Å². The Kier molecular flexibility index (Phi) is 5.94. The first-order valence-corrected chi connectivity index (χ1v) is 10.8. The van der Waals surface area contributed by atoms with E-state index < -0.39 is 0 Å². The zero-order chi connectivity index (χ0) is 21.1. The number of rotatable bonds is 6. The lowest BCUT2D eigenvalue weighted by Gasteiger charge is -2.29. The van der Waals surface area contributed by atoms with E-state index in [1.807, 2.05) is 58.9 Å². The maximum Gasteiger partial charge on any atom is 0.237 e. The van der Waals surface area contributed by atoms with Crippen molar-refractivity contribution in [2.45, 2.75) is 24.9 Å². The summed E-state index contributed by atoms with van der Waals surface area (Å²) in [5.74, 6) is 2.73. The molecule has 4 rings (SSSR count). The lowest BCUT2D eigenvalue weighted by Crippen LogP contribution is -2.36. The van der Waals surface area contributed by atoms with E-state index in [0.717, 1.165) is 53.6 Å². The molecule has 0 atom stereocenters. The first-order chi connectivity index (χ1) is 14.6. The SMILES string of the molecule is COc1ccc(-n2c(C)nnc2SCC(=O)N2CCCc3cc(OC)ccc32)cc1. The van der Waals surface area contributed by atoms with E-state index in [-0.39, 0.29) is 5.91 Å². The first kappa shape index (κ1) is 20.3. The number of benzene rings is 2. The molecule has 1 aromatic heterocycles. The normalized spacial score (nSPS) is 13.1. The van der Waals surface area contributed by atoms with Crippen molar-refractivity contribution in [3.63, 3.8) is 0 Å². The summed E-state index contributed by atoms with van der Waals surface area (Å²) in [6, 6.07) is 13.6. The maximum absolute atomic E-state index is 13.0. The highest BCUT2D eigenvalue weighted by Crippen LogP contribution is 2.31. The molecule has 0 fully saturated rings. The van der Waals surface area contributed by atoms with Crippen molar-refractivity contribution in [3.8, 4) is 17.2 Å². The van der Waals surface area contributed by atoms with Gasteiger partial charge in [-0.25, -0.2) is 0 Å². The van der Waals surface area contributed by atoms with Crippen LogP contribution in [0.4, 0.5) is 5.69 Å². The van der Waals surface area contributed by atoms with Gasteiger partial charge >= 0.3 is 0 Å². The van der Waals surface area contributed by atoms with Gasteiger partial charge < -0.3 is 14.4 Å². The summed E-state index contributed by atoms with van der Waals surface area (Å²) in [6.45, 7) is 2.63. The summed E-state index contributed by atoms with van der Waals surface area (Å²) in [7, 11) is 3.30. The Morgan fingerprint density at radius 1 is 1.07 bits per heavy atom. The highest BCUT2D eigenvalue weighted by Gasteiger charge is 2.24. The van der Waals surface area contributed by atoms with Crippen LogP contribution in [0.1, 0.15) is 17.8 Å². The summed E-state index contributed by atoms with van der Waals surface area (Å²) in [5, 5.41) is 9.17. The molecule has 0 N–H and O–H groups in total. The van der Waals surface area contributed by atoms with Crippen LogP contribution in [0.25, 0.3) is 5.69 Å². The number of thioether (sulfide) groups is 1. The van der Waals surface area contributed by atoms with Crippen molar-refractivity contribution in [2.75, 3.05) is 31.4 Å². The van der Waals surface area contributed by atoms with E-state index in [2.05, 4.69) is 10.2 Å². The summed E-state index contributed by atoms with van der Waals surface area (Å²) in [4.78, 5) is 14.9. The van der Waals surface area contributed by atoms with Gasteiger partial charge in [0.15, 0.2) is 5.16 Å². The van der Waals surface area contributed by atoms with Gasteiger partial charge in [0.05, 0.1) is 20.0 Å². The largest absolute Gasteiger partial charge is 0.497 e. The molecule has 0 bridgehead atoms. The quantitative estimate of drug-likeness (QED) is 0.563. The Labute approximate surface area is 180 Å². The number of methoxy groups -OCH3 is 2. The van der Waals surface area contributed by atoms with Crippen LogP contribution in [0.3, 0.4) is 0 Å². The summed E-state index contributed by atoms with van der Waals surface area (Å²) in [6.07, 6.45) is 1.89. The standard InChI is InChI=1S/C22H24N4O3S/c1-15-23-24-22(26(15)17-6-8-18(28-2)9-7-17)30-14-21(27)25-12-4-5-16-13-19(29-3)10-11-20(16)25/h6-11,13H,4-5,12,14H2,1-3H3. The molecule has 3 aromatic rings. The molecule has 156 valence electrons. The fourth-order valence-corrected chi connectivity index (χ4v) is 4.50. The molecule has 1 amide bonds. The van der Waals surface area contributed by atoms with Gasteiger partial charge in [0, 0.05) is 17.9 Å². The van der Waals surface area contributed by atoms with E-state index in [9.17, 15) is 4.79 Å². The van der Waals surface area contributed by atoms with Gasteiger partial charge in [-0.15, -0.1) is 10.2 Å². The minimum atomic E-state index is 0.0630. The van der Waals surface area contributed by atoms with Crippen LogP contribution >= 0.6 is 11.8 Å². The number of hydrogen-bond acceptors (Lipinski definition) is 6. The van der Waals surface area contributed by atoms with Crippen molar-refractivity contribution >= 4 is 23.4 Å². The van der Waals surface area contributed by atoms with E-state index in [0.29, 0.717) is 10.9 Å². The minimum absolute atomic E-state index is 0.0630. The third-order valence-corrected chi connectivity index (χ3v) is 6.07. The molecule has 0 saturated carbocycles. The second kappa shape index (κ2) is 8.79. The molecule has 1 aliphatic heterocycles. The number of aryl methyl sites for hydroxylation is 2. The predicted octanol–water partition coefficient (Wildman–Crippen LogP) is 3.66. The number of nitrogens with zero attached hydrogens (tertiary/aromatic N) is 4. The molecule has 0 aliphatic carbocycles. The van der Waals surface area contributed by atoms with Crippen LogP contribution in [-0.2, 0) is 11.2 Å². The van der Waals surface area contributed by atoms with Gasteiger partial charge in [0.2, 0.25) is 5.91 Å². The smallest absolute Gasteiger partial charge is 0.237 e. The van der Waals surface area contributed by atoms with Crippen LogP contribution in [0, 0.1) is 6.92 Å². The monoisotopic (exact) mass is 424 g/mol. The van der Waals surface area contributed by atoms with E-state index in [1.54, 1.807) is 14.2 Å². The lowest BCUT2D eigenvalue weighted by molar-refractivity contribution is -0.116. The molecule has 8 heteroatoms. The van der Waals surface area contributed by atoms with E-state index >= 15 is 0 Å². The zero-order valence-corrected chi connectivity index (χ0v) is 18.1. The third kappa shape index (κ3) is 4.00. The Balaban J connectivity index is 1.50. The molecular weight excluding hydrogens is 400 g/mol. The van der Waals surface area contributed by atoms with Gasteiger partial charge in [-0.05, 0) is 67.8 Å². The number of fused-ring (bicyclic) bond motifs is 1. The predicted molar refractivity (Wildman–Crippen MR) is 117 cm³/mol. The van der Waals surface area contributed by atoms with Crippen molar-refractivity contribution in [2.24, 2.45) is 0 Å². The van der Waals surface area contributed by atoms with Crippen LogP contribution in [0.15, 0.2) is 47.6 Å². The molecule has 1 aliphatic rings. The number of aromatic nitrogens is 3. The topological polar surface area (TPSA) is 69.5 Å². The van der Waals surface area contributed by atoms with Crippen molar-refractivity contribution in [1.82, 2.24) is 14.8 Å². The number of carbonyl (C=O) groups is 1. The molecule has 0 spiro atoms. The molecule has 0 radical (unpaired) electrons. The van der Waals surface area contributed by atoms with Crippen molar-refractivity contribution in [1.29, 1.82) is 0 Å². The average Bonchev–Trinajstić information content (AvgIpc) is 3.16. The fourth-order valence-electron chi connectivity index (χ4n) is 3.63. The number of anilines is 1. The zero-order valence-electron chi connectivity index (χ0n) is 17.3.